The van der Waals surface area contributed by atoms with Crippen LogP contribution in [0.5, 0.6) is 0 Å². The van der Waals surface area contributed by atoms with Crippen LogP contribution in [-0.4, -0.2) is 23.3 Å². The molecule has 0 saturated heterocycles. The fourth-order valence-electron chi connectivity index (χ4n) is 2.21. The lowest BCUT2D eigenvalue weighted by Crippen LogP contribution is -2.36. The van der Waals surface area contributed by atoms with Gasteiger partial charge in [0.25, 0.3) is 5.91 Å². The van der Waals surface area contributed by atoms with Gasteiger partial charge >= 0.3 is 0 Å². The Morgan fingerprint density at radius 2 is 1.92 bits per heavy atom. The van der Waals surface area contributed by atoms with Gasteiger partial charge in [0.05, 0.1) is 25.0 Å². The minimum absolute atomic E-state index is 0.0997. The fraction of sp³-hybridized carbons (Fsp3) is 0.167. The molecular weight excluding hydrogens is 338 g/mol. The number of nitrogens with zero attached hydrogens (tertiary/aromatic N) is 1. The Morgan fingerprint density at radius 1 is 1.12 bits per heavy atom. The first-order valence-electron chi connectivity index (χ1n) is 7.73. The van der Waals surface area contributed by atoms with Crippen LogP contribution in [0, 0.1) is 6.92 Å². The summed E-state index contributed by atoms with van der Waals surface area (Å²) in [7, 11) is 0. The van der Waals surface area contributed by atoms with Gasteiger partial charge in [-0.1, -0.05) is 30.3 Å². The maximum Gasteiger partial charge on any atom is 0.263 e. The molecular formula is C18H17N3O3S. The van der Waals surface area contributed by atoms with Crippen LogP contribution < -0.4 is 10.6 Å². The third-order valence-electron chi connectivity index (χ3n) is 3.47. The van der Waals surface area contributed by atoms with Gasteiger partial charge < -0.3 is 15.1 Å². The lowest BCUT2D eigenvalue weighted by atomic mass is 10.2. The van der Waals surface area contributed by atoms with Gasteiger partial charge in [0.2, 0.25) is 5.91 Å². The summed E-state index contributed by atoms with van der Waals surface area (Å²) in [5, 5.41) is 6.08. The average molecular weight is 355 g/mol. The Labute approximate surface area is 148 Å². The minimum atomic E-state index is -0.301. The zero-order valence-electron chi connectivity index (χ0n) is 13.6. The number of hydrogen-bond acceptors (Lipinski definition) is 5. The van der Waals surface area contributed by atoms with E-state index in [4.69, 9.17) is 4.42 Å². The molecule has 2 heterocycles. The molecule has 0 radical (unpaired) electrons. The summed E-state index contributed by atoms with van der Waals surface area (Å²) in [6.07, 6.45) is 1.54. The second-order valence-electron chi connectivity index (χ2n) is 5.34. The minimum Gasteiger partial charge on any atom is -0.467 e. The monoisotopic (exact) mass is 355 g/mol. The van der Waals surface area contributed by atoms with Crippen molar-refractivity contribution < 1.29 is 14.0 Å². The lowest BCUT2D eigenvalue weighted by molar-refractivity contribution is -0.120. The summed E-state index contributed by atoms with van der Waals surface area (Å²) in [5.41, 5.74) is 1.61. The maximum atomic E-state index is 12.3. The van der Waals surface area contributed by atoms with E-state index in [2.05, 4.69) is 15.6 Å². The number of carbonyl (C=O) groups is 2. The third-order valence-corrected chi connectivity index (χ3v) is 4.68. The van der Waals surface area contributed by atoms with Crippen molar-refractivity contribution >= 4 is 23.2 Å². The molecule has 0 saturated carbocycles. The third kappa shape index (κ3) is 4.33. The Bertz CT molecular complexity index is 857. The Hall–Kier alpha value is -2.93. The lowest BCUT2D eigenvalue weighted by Gasteiger charge is -2.05. The van der Waals surface area contributed by atoms with Crippen LogP contribution in [0.2, 0.25) is 0 Å². The molecule has 3 rings (SSSR count). The predicted octanol–water partition coefficient (Wildman–Crippen LogP) is 2.76. The number of nitrogens with one attached hydrogen (secondary N) is 2. The largest absolute Gasteiger partial charge is 0.467 e. The van der Waals surface area contributed by atoms with E-state index in [1.165, 1.54) is 11.3 Å². The van der Waals surface area contributed by atoms with Gasteiger partial charge in [-0.25, -0.2) is 4.98 Å². The molecule has 2 amide bonds. The standard InChI is InChI=1S/C18H17N3O3S/c1-12-16(25-18(21-12)13-6-3-2-4-7-13)17(23)20-11-15(22)19-10-14-8-5-9-24-14/h2-9H,10-11H2,1H3,(H,19,22)(H,20,23). The van der Waals surface area contributed by atoms with Crippen LogP contribution in [-0.2, 0) is 11.3 Å². The molecule has 0 spiro atoms. The fourth-order valence-corrected chi connectivity index (χ4v) is 3.20. The second-order valence-corrected chi connectivity index (χ2v) is 6.34. The quantitative estimate of drug-likeness (QED) is 0.712. The number of benzene rings is 1. The molecule has 2 aromatic heterocycles. The highest BCUT2D eigenvalue weighted by Crippen LogP contribution is 2.27. The molecule has 6 nitrogen and oxygen atoms in total. The van der Waals surface area contributed by atoms with Crippen LogP contribution in [0.25, 0.3) is 10.6 Å². The Morgan fingerprint density at radius 3 is 2.64 bits per heavy atom. The van der Waals surface area contributed by atoms with Crippen LogP contribution in [0.1, 0.15) is 21.1 Å². The van der Waals surface area contributed by atoms with Gasteiger partial charge in [-0.2, -0.15) is 0 Å². The van der Waals surface area contributed by atoms with Gasteiger partial charge in [0, 0.05) is 5.56 Å². The topological polar surface area (TPSA) is 84.2 Å². The predicted molar refractivity (Wildman–Crippen MR) is 95.2 cm³/mol. The molecule has 2 N–H and O–H groups in total. The molecule has 1 aromatic carbocycles. The molecule has 3 aromatic rings. The first kappa shape index (κ1) is 16.9. The van der Waals surface area contributed by atoms with E-state index in [9.17, 15) is 9.59 Å². The summed E-state index contributed by atoms with van der Waals surface area (Å²) in [6, 6.07) is 13.2. The van der Waals surface area contributed by atoms with Gasteiger partial charge in [-0.15, -0.1) is 11.3 Å². The first-order chi connectivity index (χ1) is 12.1. The molecule has 0 atom stereocenters. The van der Waals surface area contributed by atoms with E-state index in [1.807, 2.05) is 30.3 Å². The van der Waals surface area contributed by atoms with E-state index in [-0.39, 0.29) is 18.4 Å². The molecule has 0 fully saturated rings. The van der Waals surface area contributed by atoms with Crippen molar-refractivity contribution in [1.29, 1.82) is 0 Å². The maximum absolute atomic E-state index is 12.3. The number of carbonyl (C=O) groups excluding carboxylic acids is 2. The zero-order chi connectivity index (χ0) is 17.6. The van der Waals surface area contributed by atoms with Gasteiger partial charge in [0.1, 0.15) is 15.6 Å². The molecule has 0 aliphatic rings. The first-order valence-corrected chi connectivity index (χ1v) is 8.55. The Kier molecular flexibility index (Phi) is 5.25. The molecule has 128 valence electrons. The van der Waals surface area contributed by atoms with E-state index in [1.54, 1.807) is 25.3 Å². The highest BCUT2D eigenvalue weighted by Gasteiger charge is 2.16. The van der Waals surface area contributed by atoms with Crippen molar-refractivity contribution in [2.45, 2.75) is 13.5 Å². The smallest absolute Gasteiger partial charge is 0.263 e. The molecule has 0 bridgehead atoms. The summed E-state index contributed by atoms with van der Waals surface area (Å²) in [4.78, 5) is 29.1. The normalized spacial score (nSPS) is 10.4. The second kappa shape index (κ2) is 7.76. The average Bonchev–Trinajstić information content (AvgIpc) is 3.28. The van der Waals surface area contributed by atoms with Crippen LogP contribution in [0.15, 0.2) is 53.1 Å². The van der Waals surface area contributed by atoms with Crippen molar-refractivity contribution in [2.24, 2.45) is 0 Å². The Balaban J connectivity index is 1.56. The highest BCUT2D eigenvalue weighted by atomic mass is 32.1. The number of hydrogen-bond donors (Lipinski definition) is 2. The molecule has 7 heteroatoms. The number of rotatable bonds is 6. The highest BCUT2D eigenvalue weighted by molar-refractivity contribution is 7.17. The van der Waals surface area contributed by atoms with E-state index >= 15 is 0 Å². The summed E-state index contributed by atoms with van der Waals surface area (Å²) >= 11 is 1.31. The molecule has 0 unspecified atom stereocenters. The summed E-state index contributed by atoms with van der Waals surface area (Å²) in [5.74, 6) is 0.0750. The zero-order valence-corrected chi connectivity index (χ0v) is 14.4. The van der Waals surface area contributed by atoms with E-state index < -0.39 is 0 Å². The number of aryl methyl sites for hydroxylation is 1. The van der Waals surface area contributed by atoms with Crippen molar-refractivity contribution in [2.75, 3.05) is 6.54 Å². The van der Waals surface area contributed by atoms with Gasteiger partial charge in [-0.3, -0.25) is 9.59 Å². The van der Waals surface area contributed by atoms with Crippen LogP contribution in [0.3, 0.4) is 0 Å². The number of aromatic nitrogens is 1. The van der Waals surface area contributed by atoms with Gasteiger partial charge in [0.15, 0.2) is 0 Å². The van der Waals surface area contributed by atoms with Crippen molar-refractivity contribution in [3.63, 3.8) is 0 Å². The summed E-state index contributed by atoms with van der Waals surface area (Å²) in [6.45, 7) is 1.98. The van der Waals surface area contributed by atoms with Crippen LogP contribution >= 0.6 is 11.3 Å². The number of amides is 2. The van der Waals surface area contributed by atoms with E-state index in [0.717, 1.165) is 10.6 Å². The van der Waals surface area contributed by atoms with E-state index in [0.29, 0.717) is 22.9 Å². The van der Waals surface area contributed by atoms with Crippen molar-refractivity contribution in [3.8, 4) is 10.6 Å². The SMILES string of the molecule is Cc1nc(-c2ccccc2)sc1C(=O)NCC(=O)NCc1ccco1. The summed E-state index contributed by atoms with van der Waals surface area (Å²) < 4.78 is 5.13. The molecule has 0 aliphatic carbocycles. The number of furan rings is 1. The number of thiazole rings is 1. The van der Waals surface area contributed by atoms with Crippen molar-refractivity contribution in [3.05, 3.63) is 65.1 Å². The molecule has 0 aliphatic heterocycles. The van der Waals surface area contributed by atoms with Crippen molar-refractivity contribution in [1.82, 2.24) is 15.6 Å². The molecule has 25 heavy (non-hydrogen) atoms. The van der Waals surface area contributed by atoms with Crippen LogP contribution in [0.4, 0.5) is 0 Å². The van der Waals surface area contributed by atoms with Gasteiger partial charge in [-0.05, 0) is 19.1 Å².